The number of halogens is 2. The number of hydrazone groups is 1. The van der Waals surface area contributed by atoms with Gasteiger partial charge in [-0.15, -0.1) is 0 Å². The van der Waals surface area contributed by atoms with Crippen LogP contribution >= 0.6 is 38.5 Å². The second kappa shape index (κ2) is 11.6. The van der Waals surface area contributed by atoms with Gasteiger partial charge in [0.1, 0.15) is 5.58 Å². The molecule has 0 spiro atoms. The van der Waals surface area contributed by atoms with Gasteiger partial charge >= 0.3 is 5.91 Å². The summed E-state index contributed by atoms with van der Waals surface area (Å²) in [7, 11) is 1.51. The van der Waals surface area contributed by atoms with Crippen molar-refractivity contribution in [1.29, 1.82) is 0 Å². The largest absolute Gasteiger partial charge is 0.493 e. The van der Waals surface area contributed by atoms with E-state index in [2.05, 4.69) is 54.4 Å². The second-order valence-electron chi connectivity index (χ2n) is 7.73. The molecule has 2 amide bonds. The Hall–Kier alpha value is -3.38. The molecule has 0 saturated carbocycles. The van der Waals surface area contributed by atoms with Gasteiger partial charge in [-0.2, -0.15) is 5.10 Å². The number of hydrogen-bond donors (Lipinski definition) is 2. The molecular formula is C26H21BrIN3O5. The number of benzene rings is 3. The minimum Gasteiger partial charge on any atom is -0.493 e. The lowest BCUT2D eigenvalue weighted by Crippen LogP contribution is -2.20. The Labute approximate surface area is 229 Å². The van der Waals surface area contributed by atoms with Crippen molar-refractivity contribution in [3.63, 3.8) is 0 Å². The monoisotopic (exact) mass is 661 g/mol. The zero-order chi connectivity index (χ0) is 25.7. The summed E-state index contributed by atoms with van der Waals surface area (Å²) < 4.78 is 18.4. The first kappa shape index (κ1) is 25.7. The first-order valence-electron chi connectivity index (χ1n) is 10.7. The number of hydrogen-bond acceptors (Lipinski definition) is 6. The molecule has 0 bridgehead atoms. The highest BCUT2D eigenvalue weighted by atomic mass is 127. The van der Waals surface area contributed by atoms with Gasteiger partial charge in [-0.25, -0.2) is 5.43 Å². The second-order valence-corrected chi connectivity index (χ2v) is 9.81. The number of ether oxygens (including phenoxy) is 2. The zero-order valence-electron chi connectivity index (χ0n) is 19.3. The zero-order valence-corrected chi connectivity index (χ0v) is 23.0. The molecule has 0 aliphatic carbocycles. The van der Waals surface area contributed by atoms with Crippen molar-refractivity contribution in [2.45, 2.75) is 6.92 Å². The molecule has 0 fully saturated rings. The molecule has 0 aliphatic heterocycles. The van der Waals surface area contributed by atoms with Crippen LogP contribution in [0.5, 0.6) is 11.5 Å². The Kier molecular flexibility index (Phi) is 8.26. The molecule has 36 heavy (non-hydrogen) atoms. The van der Waals surface area contributed by atoms with E-state index in [1.807, 2.05) is 43.3 Å². The van der Waals surface area contributed by atoms with Crippen molar-refractivity contribution in [3.8, 4) is 11.5 Å². The maximum absolute atomic E-state index is 12.4. The van der Waals surface area contributed by atoms with E-state index in [1.54, 1.807) is 24.3 Å². The van der Waals surface area contributed by atoms with E-state index in [-0.39, 0.29) is 18.3 Å². The number of carbonyl (C=O) groups is 2. The fraction of sp³-hybridized carbons (Fsp3) is 0.115. The number of anilines is 1. The Morgan fingerprint density at radius 3 is 2.64 bits per heavy atom. The smallest absolute Gasteiger partial charge is 0.307 e. The van der Waals surface area contributed by atoms with Gasteiger partial charge in [0.2, 0.25) is 0 Å². The molecule has 4 rings (SSSR count). The van der Waals surface area contributed by atoms with Crippen LogP contribution in [0.15, 0.2) is 74.7 Å². The summed E-state index contributed by atoms with van der Waals surface area (Å²) in [6, 6.07) is 18.1. The van der Waals surface area contributed by atoms with E-state index in [0.717, 1.165) is 15.4 Å². The number of methoxy groups -OCH3 is 1. The maximum atomic E-state index is 12.4. The molecule has 0 aliphatic rings. The predicted molar refractivity (Wildman–Crippen MR) is 150 cm³/mol. The molecule has 0 unspecified atom stereocenters. The van der Waals surface area contributed by atoms with E-state index in [1.165, 1.54) is 13.3 Å². The van der Waals surface area contributed by atoms with E-state index < -0.39 is 5.91 Å². The average molecular weight is 662 g/mol. The van der Waals surface area contributed by atoms with E-state index >= 15 is 0 Å². The number of carbonyl (C=O) groups excluding carboxylic acids is 2. The van der Waals surface area contributed by atoms with Crippen LogP contribution in [0.25, 0.3) is 11.0 Å². The van der Waals surface area contributed by atoms with Crippen LogP contribution in [0.4, 0.5) is 5.69 Å². The van der Waals surface area contributed by atoms with Gasteiger partial charge in [0.05, 0.1) is 16.9 Å². The number of aryl methyl sites for hydroxylation is 1. The van der Waals surface area contributed by atoms with Gasteiger partial charge in [-0.05, 0) is 83.6 Å². The van der Waals surface area contributed by atoms with Crippen molar-refractivity contribution in [2.24, 2.45) is 5.10 Å². The number of furan rings is 1. The molecule has 3 aromatic carbocycles. The quantitative estimate of drug-likeness (QED) is 0.139. The third kappa shape index (κ3) is 6.43. The molecule has 1 aromatic heterocycles. The highest BCUT2D eigenvalue weighted by Crippen LogP contribution is 2.33. The molecule has 4 aromatic rings. The van der Waals surface area contributed by atoms with Crippen molar-refractivity contribution in [1.82, 2.24) is 5.43 Å². The third-order valence-electron chi connectivity index (χ3n) is 5.02. The SMILES string of the molecule is COc1cc(/C=N/NC(=O)c2cc3cc(Br)ccc3o2)cc(I)c1OCC(=O)Nc1ccc(C)cc1. The summed E-state index contributed by atoms with van der Waals surface area (Å²) in [5, 5.41) is 7.62. The lowest BCUT2D eigenvalue weighted by Gasteiger charge is -2.13. The Bertz CT molecular complexity index is 1450. The van der Waals surface area contributed by atoms with Gasteiger partial charge in [-0.1, -0.05) is 33.6 Å². The summed E-state index contributed by atoms with van der Waals surface area (Å²) in [6.45, 7) is 1.79. The molecule has 0 atom stereocenters. The fourth-order valence-electron chi connectivity index (χ4n) is 3.27. The molecule has 184 valence electrons. The number of fused-ring (bicyclic) bond motifs is 1. The minimum atomic E-state index is -0.472. The normalized spacial score (nSPS) is 11.0. The van der Waals surface area contributed by atoms with Crippen LogP contribution in [0.3, 0.4) is 0 Å². The van der Waals surface area contributed by atoms with Crippen LogP contribution in [0, 0.1) is 10.5 Å². The molecule has 10 heteroatoms. The van der Waals surface area contributed by atoms with Crippen molar-refractivity contribution in [2.75, 3.05) is 19.0 Å². The summed E-state index contributed by atoms with van der Waals surface area (Å²) in [5.41, 5.74) is 5.53. The fourth-order valence-corrected chi connectivity index (χ4v) is 4.43. The van der Waals surface area contributed by atoms with Gasteiger partial charge in [0.15, 0.2) is 23.9 Å². The average Bonchev–Trinajstić information content (AvgIpc) is 3.28. The Balaban J connectivity index is 1.38. The van der Waals surface area contributed by atoms with Gasteiger partial charge in [0.25, 0.3) is 5.91 Å². The van der Waals surface area contributed by atoms with Crippen molar-refractivity contribution < 1.29 is 23.5 Å². The highest BCUT2D eigenvalue weighted by Gasteiger charge is 2.14. The Morgan fingerprint density at radius 1 is 1.11 bits per heavy atom. The number of rotatable bonds is 8. The molecule has 0 saturated heterocycles. The van der Waals surface area contributed by atoms with Crippen LogP contribution in [-0.4, -0.2) is 31.7 Å². The number of nitrogens with zero attached hydrogens (tertiary/aromatic N) is 1. The van der Waals surface area contributed by atoms with Crippen LogP contribution in [0.2, 0.25) is 0 Å². The van der Waals surface area contributed by atoms with Crippen LogP contribution in [-0.2, 0) is 4.79 Å². The first-order chi connectivity index (χ1) is 17.3. The van der Waals surface area contributed by atoms with E-state index in [0.29, 0.717) is 31.9 Å². The standard InChI is InChI=1S/C26H21BrIN3O5/c1-15-3-6-19(7-4-15)30-24(32)14-35-25-20(28)9-16(10-22(25)34-2)13-29-31-26(33)23-12-17-11-18(27)5-8-21(17)36-23/h3-13H,14H2,1-2H3,(H,30,32)(H,31,33)/b29-13+. The van der Waals surface area contributed by atoms with Gasteiger partial charge in [-0.3, -0.25) is 9.59 Å². The Morgan fingerprint density at radius 2 is 1.89 bits per heavy atom. The number of amides is 2. The topological polar surface area (TPSA) is 102 Å². The third-order valence-corrected chi connectivity index (χ3v) is 6.31. The lowest BCUT2D eigenvalue weighted by molar-refractivity contribution is -0.118. The van der Waals surface area contributed by atoms with Crippen LogP contribution in [0.1, 0.15) is 21.7 Å². The molecule has 0 radical (unpaired) electrons. The van der Waals surface area contributed by atoms with Crippen LogP contribution < -0.4 is 20.2 Å². The number of nitrogens with one attached hydrogen (secondary N) is 2. The van der Waals surface area contributed by atoms with Crippen molar-refractivity contribution in [3.05, 3.63) is 85.6 Å². The first-order valence-corrected chi connectivity index (χ1v) is 12.6. The molecule has 1 heterocycles. The van der Waals surface area contributed by atoms with E-state index in [4.69, 9.17) is 13.9 Å². The molecular weight excluding hydrogens is 641 g/mol. The summed E-state index contributed by atoms with van der Waals surface area (Å²) in [6.07, 6.45) is 1.48. The predicted octanol–water partition coefficient (Wildman–Crippen LogP) is 5.90. The molecule has 2 N–H and O–H groups in total. The maximum Gasteiger partial charge on any atom is 0.307 e. The lowest BCUT2D eigenvalue weighted by atomic mass is 10.2. The summed E-state index contributed by atoms with van der Waals surface area (Å²) in [5.74, 6) is 0.260. The van der Waals surface area contributed by atoms with Gasteiger partial charge < -0.3 is 19.2 Å². The molecule has 8 nitrogen and oxygen atoms in total. The highest BCUT2D eigenvalue weighted by molar-refractivity contribution is 14.1. The summed E-state index contributed by atoms with van der Waals surface area (Å²) in [4.78, 5) is 24.7. The van der Waals surface area contributed by atoms with Crippen molar-refractivity contribution >= 4 is 73.2 Å². The van der Waals surface area contributed by atoms with Gasteiger partial charge in [0, 0.05) is 15.5 Å². The van der Waals surface area contributed by atoms with E-state index in [9.17, 15) is 9.59 Å². The summed E-state index contributed by atoms with van der Waals surface area (Å²) >= 11 is 5.49. The minimum absolute atomic E-state index is 0.153.